The molecule has 0 N–H and O–H groups in total. The number of hydrogen-bond acceptors (Lipinski definition) is 2. The van der Waals surface area contributed by atoms with Gasteiger partial charge in [-0.15, -0.1) is 0 Å². The highest BCUT2D eigenvalue weighted by Crippen LogP contribution is 2.28. The van der Waals surface area contributed by atoms with E-state index in [2.05, 4.69) is 6.07 Å². The van der Waals surface area contributed by atoms with Gasteiger partial charge in [-0.3, -0.25) is 0 Å². The first-order valence-corrected chi connectivity index (χ1v) is 7.10. The second kappa shape index (κ2) is 4.83. The maximum atomic E-state index is 5.97. The van der Waals surface area contributed by atoms with Gasteiger partial charge < -0.3 is 0 Å². The first-order valence-electron chi connectivity index (χ1n) is 6.73. The lowest BCUT2D eigenvalue weighted by Gasteiger charge is -2.07. The number of fused-ring (bicyclic) bond motifs is 2. The van der Waals surface area contributed by atoms with E-state index in [1.165, 1.54) is 0 Å². The first kappa shape index (κ1) is 12.3. The topological polar surface area (TPSA) is 25.8 Å². The standard InChI is InChI=1S/C18H11ClN2/c19-13-10-8-12(9-11-13)14-4-3-7-17-18(14)21-16-6-2-1-5-15(16)20-17/h1-11H. The van der Waals surface area contributed by atoms with Crippen LogP contribution >= 0.6 is 11.6 Å². The van der Waals surface area contributed by atoms with E-state index in [1.54, 1.807) is 0 Å². The predicted octanol–water partition coefficient (Wildman–Crippen LogP) is 5.10. The van der Waals surface area contributed by atoms with Crippen LogP contribution in [-0.4, -0.2) is 9.97 Å². The molecule has 4 rings (SSSR count). The van der Waals surface area contributed by atoms with Crippen molar-refractivity contribution in [3.8, 4) is 11.1 Å². The van der Waals surface area contributed by atoms with E-state index < -0.39 is 0 Å². The third-order valence-electron chi connectivity index (χ3n) is 3.52. The SMILES string of the molecule is Clc1ccc(-c2cccc3nc4ccccc4nc23)cc1. The van der Waals surface area contributed by atoms with Gasteiger partial charge in [-0.25, -0.2) is 9.97 Å². The molecule has 0 aliphatic carbocycles. The van der Waals surface area contributed by atoms with Crippen molar-refractivity contribution in [2.75, 3.05) is 0 Å². The molecule has 0 radical (unpaired) electrons. The highest BCUT2D eigenvalue weighted by atomic mass is 35.5. The quantitative estimate of drug-likeness (QED) is 0.456. The summed E-state index contributed by atoms with van der Waals surface area (Å²) in [5.41, 5.74) is 5.81. The number of rotatable bonds is 1. The number of para-hydroxylation sites is 3. The Labute approximate surface area is 127 Å². The van der Waals surface area contributed by atoms with E-state index in [0.717, 1.165) is 38.2 Å². The lowest BCUT2D eigenvalue weighted by atomic mass is 10.0. The van der Waals surface area contributed by atoms with Crippen LogP contribution in [0.3, 0.4) is 0 Å². The molecule has 0 atom stereocenters. The third kappa shape index (κ3) is 2.14. The van der Waals surface area contributed by atoms with Crippen molar-refractivity contribution in [3.63, 3.8) is 0 Å². The van der Waals surface area contributed by atoms with Crippen LogP contribution in [0.5, 0.6) is 0 Å². The molecule has 3 aromatic carbocycles. The minimum Gasteiger partial charge on any atom is -0.244 e. The van der Waals surface area contributed by atoms with Gasteiger partial charge in [-0.2, -0.15) is 0 Å². The Bertz CT molecular complexity index is 946. The molecule has 0 saturated heterocycles. The number of halogens is 1. The molecule has 4 aromatic rings. The molecule has 2 nitrogen and oxygen atoms in total. The number of benzene rings is 3. The van der Waals surface area contributed by atoms with Crippen molar-refractivity contribution in [3.05, 3.63) is 71.8 Å². The van der Waals surface area contributed by atoms with Crippen LogP contribution in [-0.2, 0) is 0 Å². The summed E-state index contributed by atoms with van der Waals surface area (Å²) in [5, 5.41) is 0.732. The monoisotopic (exact) mass is 290 g/mol. The fraction of sp³-hybridized carbons (Fsp3) is 0. The average molecular weight is 291 g/mol. The summed E-state index contributed by atoms with van der Waals surface area (Å²) in [6.45, 7) is 0. The molecule has 0 fully saturated rings. The van der Waals surface area contributed by atoms with E-state index in [0.29, 0.717) is 0 Å². The van der Waals surface area contributed by atoms with E-state index in [-0.39, 0.29) is 0 Å². The first-order chi connectivity index (χ1) is 10.3. The highest BCUT2D eigenvalue weighted by molar-refractivity contribution is 6.30. The lowest BCUT2D eigenvalue weighted by molar-refractivity contribution is 1.39. The highest BCUT2D eigenvalue weighted by Gasteiger charge is 2.07. The van der Waals surface area contributed by atoms with Gasteiger partial charge in [0.05, 0.1) is 22.1 Å². The summed E-state index contributed by atoms with van der Waals surface area (Å²) in [7, 11) is 0. The number of nitrogens with zero attached hydrogens (tertiary/aromatic N) is 2. The van der Waals surface area contributed by atoms with E-state index >= 15 is 0 Å². The Kier molecular flexibility index (Phi) is 2.83. The summed E-state index contributed by atoms with van der Waals surface area (Å²) in [6.07, 6.45) is 0. The van der Waals surface area contributed by atoms with Crippen molar-refractivity contribution in [2.24, 2.45) is 0 Å². The number of hydrogen-bond donors (Lipinski definition) is 0. The van der Waals surface area contributed by atoms with Crippen molar-refractivity contribution >= 4 is 33.7 Å². The molecular weight excluding hydrogens is 280 g/mol. The van der Waals surface area contributed by atoms with Crippen LogP contribution in [0.25, 0.3) is 33.2 Å². The average Bonchev–Trinajstić information content (AvgIpc) is 2.53. The van der Waals surface area contributed by atoms with Crippen molar-refractivity contribution in [1.82, 2.24) is 9.97 Å². The molecule has 0 bridgehead atoms. The second-order valence-corrected chi connectivity index (χ2v) is 5.33. The molecule has 0 aliphatic rings. The molecule has 0 amide bonds. The van der Waals surface area contributed by atoms with Gasteiger partial charge >= 0.3 is 0 Å². The van der Waals surface area contributed by atoms with Crippen LogP contribution in [0, 0.1) is 0 Å². The van der Waals surface area contributed by atoms with Crippen molar-refractivity contribution < 1.29 is 0 Å². The minimum absolute atomic E-state index is 0.732. The Morgan fingerprint density at radius 2 is 1.29 bits per heavy atom. The molecule has 1 heterocycles. The Balaban J connectivity index is 2.04. The second-order valence-electron chi connectivity index (χ2n) is 4.89. The van der Waals surface area contributed by atoms with Gasteiger partial charge in [0.1, 0.15) is 0 Å². The maximum Gasteiger partial charge on any atom is 0.0972 e. The molecule has 0 saturated carbocycles. The smallest absolute Gasteiger partial charge is 0.0972 e. The summed E-state index contributed by atoms with van der Waals surface area (Å²) in [5.74, 6) is 0. The van der Waals surface area contributed by atoms with Crippen LogP contribution in [0.1, 0.15) is 0 Å². The van der Waals surface area contributed by atoms with E-state index in [4.69, 9.17) is 21.6 Å². The van der Waals surface area contributed by atoms with Crippen LogP contribution in [0.15, 0.2) is 66.7 Å². The zero-order valence-corrected chi connectivity index (χ0v) is 11.9. The van der Waals surface area contributed by atoms with Crippen LogP contribution in [0.2, 0.25) is 5.02 Å². The lowest BCUT2D eigenvalue weighted by Crippen LogP contribution is -1.90. The summed E-state index contributed by atoms with van der Waals surface area (Å²) in [4.78, 5) is 9.47. The van der Waals surface area contributed by atoms with Crippen molar-refractivity contribution in [2.45, 2.75) is 0 Å². The maximum absolute atomic E-state index is 5.97. The summed E-state index contributed by atoms with van der Waals surface area (Å²) in [6, 6.07) is 21.8. The van der Waals surface area contributed by atoms with Gasteiger partial charge in [0, 0.05) is 10.6 Å². The minimum atomic E-state index is 0.732. The fourth-order valence-corrected chi connectivity index (χ4v) is 2.63. The Morgan fingerprint density at radius 1 is 0.619 bits per heavy atom. The summed E-state index contributed by atoms with van der Waals surface area (Å²) >= 11 is 5.97. The molecule has 100 valence electrons. The van der Waals surface area contributed by atoms with Gasteiger partial charge in [-0.05, 0) is 35.9 Å². The number of aromatic nitrogens is 2. The summed E-state index contributed by atoms with van der Waals surface area (Å²) < 4.78 is 0. The van der Waals surface area contributed by atoms with E-state index in [9.17, 15) is 0 Å². The largest absolute Gasteiger partial charge is 0.244 e. The van der Waals surface area contributed by atoms with Crippen LogP contribution < -0.4 is 0 Å². The molecule has 21 heavy (non-hydrogen) atoms. The fourth-order valence-electron chi connectivity index (χ4n) is 2.50. The third-order valence-corrected chi connectivity index (χ3v) is 3.78. The van der Waals surface area contributed by atoms with Crippen molar-refractivity contribution in [1.29, 1.82) is 0 Å². The molecule has 0 unspecified atom stereocenters. The molecule has 0 spiro atoms. The Morgan fingerprint density at radius 3 is 2.05 bits per heavy atom. The molecule has 0 aliphatic heterocycles. The molecule has 1 aromatic heterocycles. The predicted molar refractivity (Wildman–Crippen MR) is 87.5 cm³/mol. The van der Waals surface area contributed by atoms with E-state index in [1.807, 2.05) is 60.7 Å². The van der Waals surface area contributed by atoms with Gasteiger partial charge in [-0.1, -0.05) is 48.0 Å². The zero-order chi connectivity index (χ0) is 14.2. The zero-order valence-electron chi connectivity index (χ0n) is 11.1. The van der Waals surface area contributed by atoms with Crippen LogP contribution in [0.4, 0.5) is 0 Å². The molecule has 3 heteroatoms. The van der Waals surface area contributed by atoms with Gasteiger partial charge in [0.15, 0.2) is 0 Å². The Hall–Kier alpha value is -2.45. The van der Waals surface area contributed by atoms with Gasteiger partial charge in [0.2, 0.25) is 0 Å². The molecular formula is C18H11ClN2. The van der Waals surface area contributed by atoms with Gasteiger partial charge in [0.25, 0.3) is 0 Å². The normalized spacial score (nSPS) is 11.1.